The Hall–Kier alpha value is -2.42. The molecule has 0 aliphatic rings. The van der Waals surface area contributed by atoms with Gasteiger partial charge in [0.2, 0.25) is 5.91 Å². The average molecular weight is 325 g/mol. The summed E-state index contributed by atoms with van der Waals surface area (Å²) in [6.07, 6.45) is 1.88. The highest BCUT2D eigenvalue weighted by Gasteiger charge is 2.11. The van der Waals surface area contributed by atoms with E-state index >= 15 is 0 Å². The van der Waals surface area contributed by atoms with Crippen LogP contribution < -0.4 is 5.32 Å². The first-order valence-electron chi connectivity index (χ1n) is 8.15. The third-order valence-electron chi connectivity index (χ3n) is 3.93. The number of halogens is 1. The zero-order valence-corrected chi connectivity index (χ0v) is 14.9. The van der Waals surface area contributed by atoms with Crippen molar-refractivity contribution in [2.45, 2.75) is 40.7 Å². The van der Waals surface area contributed by atoms with Crippen molar-refractivity contribution >= 4 is 12.0 Å². The van der Waals surface area contributed by atoms with E-state index in [1.54, 1.807) is 19.1 Å². The van der Waals surface area contributed by atoms with Gasteiger partial charge < -0.3 is 5.32 Å². The van der Waals surface area contributed by atoms with Crippen molar-refractivity contribution in [3.05, 3.63) is 64.5 Å². The summed E-state index contributed by atoms with van der Waals surface area (Å²) in [6.45, 7) is 9.61. The van der Waals surface area contributed by atoms with Gasteiger partial charge in [-0.1, -0.05) is 30.3 Å². The summed E-state index contributed by atoms with van der Waals surface area (Å²) in [5.41, 5.74) is 5.10. The molecule has 0 aliphatic heterocycles. The second kappa shape index (κ2) is 7.43. The monoisotopic (exact) mass is 325 g/mol. The summed E-state index contributed by atoms with van der Waals surface area (Å²) in [7, 11) is 0. The first-order valence-corrected chi connectivity index (χ1v) is 8.15. The molecule has 0 bridgehead atoms. The molecule has 2 aromatic carbocycles. The molecule has 1 N–H and O–H groups in total. The molecule has 0 heterocycles. The molecule has 0 spiro atoms. The minimum atomic E-state index is -0.226. The quantitative estimate of drug-likeness (QED) is 0.784. The van der Waals surface area contributed by atoms with E-state index in [-0.39, 0.29) is 17.8 Å². The minimum absolute atomic E-state index is 0.0692. The normalized spacial score (nSPS) is 11.7. The maximum Gasteiger partial charge on any atom is 0.247 e. The van der Waals surface area contributed by atoms with Crippen molar-refractivity contribution in [3.63, 3.8) is 0 Å². The van der Waals surface area contributed by atoms with Crippen LogP contribution in [0.3, 0.4) is 0 Å². The van der Waals surface area contributed by atoms with Crippen LogP contribution in [0, 0.1) is 19.7 Å². The lowest BCUT2D eigenvalue weighted by Crippen LogP contribution is -2.30. The smallest absolute Gasteiger partial charge is 0.247 e. The van der Waals surface area contributed by atoms with Gasteiger partial charge in [-0.25, -0.2) is 4.39 Å². The van der Waals surface area contributed by atoms with E-state index in [1.807, 2.05) is 52.0 Å². The molecule has 24 heavy (non-hydrogen) atoms. The van der Waals surface area contributed by atoms with Crippen LogP contribution in [0.4, 0.5) is 4.39 Å². The Morgan fingerprint density at radius 3 is 2.38 bits per heavy atom. The molecule has 126 valence electrons. The van der Waals surface area contributed by atoms with E-state index in [0.717, 1.165) is 22.3 Å². The summed E-state index contributed by atoms with van der Waals surface area (Å²) < 4.78 is 14.1. The highest BCUT2D eigenvalue weighted by Crippen LogP contribution is 2.29. The molecular weight excluding hydrogens is 301 g/mol. The molecule has 0 unspecified atom stereocenters. The van der Waals surface area contributed by atoms with Gasteiger partial charge in [-0.3, -0.25) is 4.79 Å². The number of amides is 1. The van der Waals surface area contributed by atoms with Crippen molar-refractivity contribution in [2.75, 3.05) is 0 Å². The predicted octanol–water partition coefficient (Wildman–Crippen LogP) is 5.04. The zero-order chi connectivity index (χ0) is 17.9. The maximum atomic E-state index is 14.1. The van der Waals surface area contributed by atoms with Gasteiger partial charge in [-0.15, -0.1) is 0 Å². The van der Waals surface area contributed by atoms with Gasteiger partial charge in [0, 0.05) is 17.2 Å². The number of carbonyl (C=O) groups is 1. The molecule has 2 nitrogen and oxygen atoms in total. The Labute approximate surface area is 143 Å². The third-order valence-corrected chi connectivity index (χ3v) is 3.93. The Balaban J connectivity index is 2.41. The average Bonchev–Trinajstić information content (AvgIpc) is 2.50. The fraction of sp³-hybridized carbons (Fsp3) is 0.286. The van der Waals surface area contributed by atoms with Crippen LogP contribution in [0.2, 0.25) is 0 Å². The van der Waals surface area contributed by atoms with Gasteiger partial charge >= 0.3 is 0 Å². The number of rotatable bonds is 4. The fourth-order valence-corrected chi connectivity index (χ4v) is 2.64. The van der Waals surface area contributed by atoms with Gasteiger partial charge in [0.15, 0.2) is 0 Å². The molecular formula is C21H24FNO. The van der Waals surface area contributed by atoms with Crippen LogP contribution in [0.25, 0.3) is 17.2 Å². The van der Waals surface area contributed by atoms with E-state index in [4.69, 9.17) is 0 Å². The topological polar surface area (TPSA) is 29.1 Å². The fourth-order valence-electron chi connectivity index (χ4n) is 2.64. The van der Waals surface area contributed by atoms with Crippen LogP contribution in [0.5, 0.6) is 0 Å². The lowest BCUT2D eigenvalue weighted by Gasteiger charge is -2.13. The Bertz CT molecular complexity index is 790. The van der Waals surface area contributed by atoms with Crippen LogP contribution in [-0.4, -0.2) is 11.9 Å². The van der Waals surface area contributed by atoms with Gasteiger partial charge in [-0.05, 0) is 69.0 Å². The van der Waals surface area contributed by atoms with Crippen molar-refractivity contribution < 1.29 is 9.18 Å². The molecule has 1 amide bonds. The SMILES string of the molecule is C/C(=C\c1cc(C)c(-c2ccccc2F)cc1C)C(=O)NC(C)C. The predicted molar refractivity (Wildman–Crippen MR) is 98.2 cm³/mol. The van der Waals surface area contributed by atoms with E-state index in [0.29, 0.717) is 11.1 Å². The summed E-state index contributed by atoms with van der Waals surface area (Å²) in [6, 6.07) is 10.9. The van der Waals surface area contributed by atoms with Crippen molar-refractivity contribution in [2.24, 2.45) is 0 Å². The molecule has 0 atom stereocenters. The summed E-state index contributed by atoms with van der Waals surface area (Å²) in [4.78, 5) is 12.1. The third kappa shape index (κ3) is 4.10. The van der Waals surface area contributed by atoms with Crippen LogP contribution in [0.15, 0.2) is 42.0 Å². The second-order valence-corrected chi connectivity index (χ2v) is 6.46. The Morgan fingerprint density at radius 1 is 1.08 bits per heavy atom. The molecule has 0 saturated heterocycles. The van der Waals surface area contributed by atoms with E-state index < -0.39 is 0 Å². The molecule has 0 fully saturated rings. The summed E-state index contributed by atoms with van der Waals surface area (Å²) >= 11 is 0. The first-order chi connectivity index (χ1) is 11.3. The van der Waals surface area contributed by atoms with E-state index in [9.17, 15) is 9.18 Å². The van der Waals surface area contributed by atoms with Crippen LogP contribution in [-0.2, 0) is 4.79 Å². The number of benzene rings is 2. The standard InChI is InChI=1S/C21H24FNO/c1-13(2)23-21(24)16(5)11-17-10-15(4)19(12-14(17)3)18-8-6-7-9-20(18)22/h6-13H,1-5H3,(H,23,24)/b16-11+. The Kier molecular flexibility index (Phi) is 5.55. The Morgan fingerprint density at radius 2 is 1.75 bits per heavy atom. The van der Waals surface area contributed by atoms with Crippen molar-refractivity contribution in [3.8, 4) is 11.1 Å². The van der Waals surface area contributed by atoms with Crippen molar-refractivity contribution in [1.29, 1.82) is 0 Å². The van der Waals surface area contributed by atoms with Gasteiger partial charge in [0.1, 0.15) is 5.82 Å². The molecule has 2 aromatic rings. The number of aryl methyl sites for hydroxylation is 2. The first kappa shape index (κ1) is 17.9. The maximum absolute atomic E-state index is 14.1. The lowest BCUT2D eigenvalue weighted by atomic mass is 9.94. The van der Waals surface area contributed by atoms with Crippen LogP contribution >= 0.6 is 0 Å². The number of hydrogen-bond donors (Lipinski definition) is 1. The summed E-state index contributed by atoms with van der Waals surface area (Å²) in [5.74, 6) is -0.295. The van der Waals surface area contributed by atoms with Gasteiger partial charge in [-0.2, -0.15) is 0 Å². The lowest BCUT2D eigenvalue weighted by molar-refractivity contribution is -0.117. The highest BCUT2D eigenvalue weighted by molar-refractivity contribution is 5.97. The van der Waals surface area contributed by atoms with Crippen LogP contribution in [0.1, 0.15) is 37.5 Å². The molecule has 0 aliphatic carbocycles. The van der Waals surface area contributed by atoms with E-state index in [2.05, 4.69) is 5.32 Å². The molecule has 0 radical (unpaired) electrons. The number of nitrogens with one attached hydrogen (secondary N) is 1. The summed E-state index contributed by atoms with van der Waals surface area (Å²) in [5, 5.41) is 2.88. The molecule has 0 aromatic heterocycles. The largest absolute Gasteiger partial charge is 0.350 e. The number of carbonyl (C=O) groups excluding carboxylic acids is 1. The van der Waals surface area contributed by atoms with E-state index in [1.165, 1.54) is 6.07 Å². The van der Waals surface area contributed by atoms with Gasteiger partial charge in [0.05, 0.1) is 0 Å². The zero-order valence-electron chi connectivity index (χ0n) is 14.9. The number of hydrogen-bond acceptors (Lipinski definition) is 1. The van der Waals surface area contributed by atoms with Crippen molar-refractivity contribution in [1.82, 2.24) is 5.32 Å². The second-order valence-electron chi connectivity index (χ2n) is 6.46. The van der Waals surface area contributed by atoms with Gasteiger partial charge in [0.25, 0.3) is 0 Å². The minimum Gasteiger partial charge on any atom is -0.350 e. The highest BCUT2D eigenvalue weighted by atomic mass is 19.1. The molecule has 2 rings (SSSR count). The molecule has 3 heteroatoms. The molecule has 0 saturated carbocycles.